The normalized spacial score (nSPS) is 13.4. The van der Waals surface area contributed by atoms with Crippen LogP contribution in [-0.2, 0) is 10.2 Å². The molecule has 1 aromatic rings. The molecule has 0 aliphatic rings. The van der Waals surface area contributed by atoms with Crippen molar-refractivity contribution < 1.29 is 4.79 Å². The fourth-order valence-corrected chi connectivity index (χ4v) is 2.24. The average molecular weight is 269 g/mol. The Balaban J connectivity index is 3.21. The summed E-state index contributed by atoms with van der Waals surface area (Å²) in [4.78, 5) is 17.0. The lowest BCUT2D eigenvalue weighted by Gasteiger charge is -2.26. The monoisotopic (exact) mass is 269 g/mol. The minimum absolute atomic E-state index is 0.0487. The molecule has 1 aromatic heterocycles. The standard InChI is InChI=1S/C13H23N3OS/c1-7-15(6)11(17)9(2)16-10(13(3,4)5)8-14-12(16)18/h8-9H,7H2,1-6H3,(H,14,18). The second kappa shape index (κ2) is 5.26. The first kappa shape index (κ1) is 15.0. The molecule has 0 aromatic carbocycles. The van der Waals surface area contributed by atoms with E-state index in [0.717, 1.165) is 5.69 Å². The van der Waals surface area contributed by atoms with Crippen LogP contribution in [0.25, 0.3) is 0 Å². The molecule has 0 radical (unpaired) electrons. The van der Waals surface area contributed by atoms with Gasteiger partial charge in [-0.05, 0) is 26.1 Å². The summed E-state index contributed by atoms with van der Waals surface area (Å²) in [7, 11) is 1.81. The van der Waals surface area contributed by atoms with Crippen molar-refractivity contribution in [3.8, 4) is 0 Å². The molecule has 5 heteroatoms. The van der Waals surface area contributed by atoms with Crippen molar-refractivity contribution in [2.24, 2.45) is 0 Å². The number of aromatic nitrogens is 2. The third kappa shape index (κ3) is 2.83. The van der Waals surface area contributed by atoms with Crippen LogP contribution in [0.1, 0.15) is 46.4 Å². The van der Waals surface area contributed by atoms with Crippen molar-refractivity contribution in [2.45, 2.75) is 46.1 Å². The lowest BCUT2D eigenvalue weighted by molar-refractivity contribution is -0.132. The van der Waals surface area contributed by atoms with E-state index in [2.05, 4.69) is 25.8 Å². The maximum absolute atomic E-state index is 12.2. The first-order valence-electron chi connectivity index (χ1n) is 6.25. The number of nitrogens with zero attached hydrogens (tertiary/aromatic N) is 2. The molecule has 0 saturated heterocycles. The van der Waals surface area contributed by atoms with Crippen LogP contribution in [0.3, 0.4) is 0 Å². The molecule has 1 N–H and O–H groups in total. The van der Waals surface area contributed by atoms with Gasteiger partial charge in [-0.3, -0.25) is 4.79 Å². The number of hydrogen-bond donors (Lipinski definition) is 1. The van der Waals surface area contributed by atoms with Crippen LogP contribution in [0.4, 0.5) is 0 Å². The number of hydrogen-bond acceptors (Lipinski definition) is 2. The zero-order valence-corrected chi connectivity index (χ0v) is 12.9. The van der Waals surface area contributed by atoms with Crippen molar-refractivity contribution in [2.75, 3.05) is 13.6 Å². The van der Waals surface area contributed by atoms with Gasteiger partial charge >= 0.3 is 0 Å². The first-order valence-corrected chi connectivity index (χ1v) is 6.66. The molecular weight excluding hydrogens is 246 g/mol. The van der Waals surface area contributed by atoms with Crippen LogP contribution in [-0.4, -0.2) is 34.0 Å². The quantitative estimate of drug-likeness (QED) is 0.857. The van der Waals surface area contributed by atoms with Crippen molar-refractivity contribution in [3.63, 3.8) is 0 Å². The maximum Gasteiger partial charge on any atom is 0.245 e. The van der Waals surface area contributed by atoms with Gasteiger partial charge in [0.15, 0.2) is 4.77 Å². The third-order valence-corrected chi connectivity index (χ3v) is 3.49. The highest BCUT2D eigenvalue weighted by Gasteiger charge is 2.26. The van der Waals surface area contributed by atoms with E-state index in [1.165, 1.54) is 0 Å². The Morgan fingerprint density at radius 3 is 2.56 bits per heavy atom. The predicted octanol–water partition coefficient (Wildman–Crippen LogP) is 2.88. The van der Waals surface area contributed by atoms with Gasteiger partial charge in [0.25, 0.3) is 0 Å². The third-order valence-electron chi connectivity index (χ3n) is 3.17. The summed E-state index contributed by atoms with van der Waals surface area (Å²) in [6, 6.07) is -0.275. The van der Waals surface area contributed by atoms with Gasteiger partial charge in [-0.1, -0.05) is 20.8 Å². The maximum atomic E-state index is 12.2. The molecule has 1 amide bonds. The van der Waals surface area contributed by atoms with Crippen molar-refractivity contribution in [1.82, 2.24) is 14.5 Å². The van der Waals surface area contributed by atoms with Gasteiger partial charge < -0.3 is 14.5 Å². The molecule has 102 valence electrons. The molecule has 1 rings (SSSR count). The summed E-state index contributed by atoms with van der Waals surface area (Å²) in [6.07, 6.45) is 1.90. The summed E-state index contributed by atoms with van der Waals surface area (Å²) < 4.78 is 2.52. The smallest absolute Gasteiger partial charge is 0.245 e. The van der Waals surface area contributed by atoms with Crippen LogP contribution < -0.4 is 0 Å². The molecule has 18 heavy (non-hydrogen) atoms. The van der Waals surface area contributed by atoms with Crippen LogP contribution in [0, 0.1) is 4.77 Å². The molecule has 4 nitrogen and oxygen atoms in total. The second-order valence-corrected chi connectivity index (χ2v) is 6.01. The topological polar surface area (TPSA) is 41.0 Å². The van der Waals surface area contributed by atoms with E-state index >= 15 is 0 Å². The number of aromatic amines is 1. The highest BCUT2D eigenvalue weighted by molar-refractivity contribution is 7.71. The van der Waals surface area contributed by atoms with Gasteiger partial charge in [-0.2, -0.15) is 0 Å². The molecule has 0 bridgehead atoms. The number of rotatable bonds is 3. The Labute approximate surface area is 114 Å². The Kier molecular flexibility index (Phi) is 4.37. The largest absolute Gasteiger partial charge is 0.344 e. The highest BCUT2D eigenvalue weighted by atomic mass is 32.1. The van der Waals surface area contributed by atoms with E-state index in [4.69, 9.17) is 12.2 Å². The summed E-state index contributed by atoms with van der Waals surface area (Å²) in [5.74, 6) is 0.0821. The van der Waals surface area contributed by atoms with Crippen molar-refractivity contribution in [3.05, 3.63) is 16.7 Å². The van der Waals surface area contributed by atoms with E-state index in [9.17, 15) is 4.79 Å². The van der Waals surface area contributed by atoms with Gasteiger partial charge in [-0.15, -0.1) is 0 Å². The van der Waals surface area contributed by atoms with Gasteiger partial charge in [0.05, 0.1) is 0 Å². The van der Waals surface area contributed by atoms with E-state index in [-0.39, 0.29) is 17.4 Å². The number of nitrogens with one attached hydrogen (secondary N) is 1. The van der Waals surface area contributed by atoms with Crippen LogP contribution in [0.5, 0.6) is 0 Å². The fourth-order valence-electron chi connectivity index (χ4n) is 1.93. The van der Waals surface area contributed by atoms with Gasteiger partial charge in [0, 0.05) is 30.9 Å². The lowest BCUT2D eigenvalue weighted by Crippen LogP contribution is -2.34. The van der Waals surface area contributed by atoms with E-state index in [1.54, 1.807) is 4.90 Å². The Bertz CT molecular complexity index is 481. The number of likely N-dealkylation sites (N-methyl/N-ethyl adjacent to an activating group) is 1. The molecule has 0 spiro atoms. The molecule has 1 unspecified atom stereocenters. The summed E-state index contributed by atoms with van der Waals surface area (Å²) in [6.45, 7) is 10.9. The first-order chi connectivity index (χ1) is 8.20. The van der Waals surface area contributed by atoms with Crippen LogP contribution in [0.15, 0.2) is 6.20 Å². The number of carbonyl (C=O) groups is 1. The van der Waals surface area contributed by atoms with Crippen LogP contribution in [0.2, 0.25) is 0 Å². The van der Waals surface area contributed by atoms with Gasteiger partial charge in [0.2, 0.25) is 5.91 Å². The molecule has 1 heterocycles. The Hall–Kier alpha value is -1.10. The van der Waals surface area contributed by atoms with Crippen LogP contribution >= 0.6 is 12.2 Å². The fraction of sp³-hybridized carbons (Fsp3) is 0.692. The SMILES string of the molecule is CCN(C)C(=O)C(C)n1c(C(C)(C)C)c[nH]c1=S. The van der Waals surface area contributed by atoms with E-state index in [0.29, 0.717) is 11.3 Å². The number of amides is 1. The van der Waals surface area contributed by atoms with Crippen molar-refractivity contribution >= 4 is 18.1 Å². The second-order valence-electron chi connectivity index (χ2n) is 5.63. The molecular formula is C13H23N3OS. The lowest BCUT2D eigenvalue weighted by atomic mass is 9.92. The predicted molar refractivity (Wildman–Crippen MR) is 76.3 cm³/mol. The highest BCUT2D eigenvalue weighted by Crippen LogP contribution is 2.25. The van der Waals surface area contributed by atoms with E-state index in [1.807, 2.05) is 31.7 Å². The summed E-state index contributed by atoms with van der Waals surface area (Å²) in [5.41, 5.74) is 1.00. The van der Waals surface area contributed by atoms with Crippen molar-refractivity contribution in [1.29, 1.82) is 0 Å². The van der Waals surface area contributed by atoms with Gasteiger partial charge in [-0.25, -0.2) is 0 Å². The Morgan fingerprint density at radius 2 is 2.11 bits per heavy atom. The van der Waals surface area contributed by atoms with E-state index < -0.39 is 0 Å². The van der Waals surface area contributed by atoms with Gasteiger partial charge in [0.1, 0.15) is 6.04 Å². The molecule has 0 aliphatic carbocycles. The average Bonchev–Trinajstić information content (AvgIpc) is 2.67. The Morgan fingerprint density at radius 1 is 1.56 bits per heavy atom. The zero-order valence-electron chi connectivity index (χ0n) is 12.1. The number of H-pyrrole nitrogens is 1. The summed E-state index contributed by atoms with van der Waals surface area (Å²) in [5, 5.41) is 0. The molecule has 0 aliphatic heterocycles. The summed E-state index contributed by atoms with van der Waals surface area (Å²) >= 11 is 5.30. The minimum atomic E-state index is -0.275. The minimum Gasteiger partial charge on any atom is -0.344 e. The molecule has 1 atom stereocenters. The molecule has 0 saturated carbocycles. The zero-order chi connectivity index (χ0) is 14.1. The number of imidazole rings is 1. The molecule has 0 fully saturated rings. The number of carbonyl (C=O) groups excluding carboxylic acids is 1.